The molecule has 0 amide bonds. The molecule has 0 radical (unpaired) electrons. The fourth-order valence-electron chi connectivity index (χ4n) is 11.2. The van der Waals surface area contributed by atoms with E-state index in [2.05, 4.69) is 10.6 Å². The molecule has 5 heterocycles. The number of hydrogen-bond donors (Lipinski definition) is 10. The molecule has 0 aromatic carbocycles. The van der Waals surface area contributed by atoms with Gasteiger partial charge in [-0.3, -0.25) is 48.3 Å². The van der Waals surface area contributed by atoms with Gasteiger partial charge in [-0.15, -0.1) is 0 Å². The van der Waals surface area contributed by atoms with Crippen LogP contribution in [-0.4, -0.2) is 117 Å². The van der Waals surface area contributed by atoms with E-state index >= 15 is 0 Å². The predicted octanol–water partition coefficient (Wildman–Crippen LogP) is 4.32. The summed E-state index contributed by atoms with van der Waals surface area (Å²) < 4.78 is 0. The summed E-state index contributed by atoms with van der Waals surface area (Å²) in [5.74, 6) is -12.0. The zero-order valence-electron chi connectivity index (χ0n) is 36.3. The van der Waals surface area contributed by atoms with Gasteiger partial charge in [-0.2, -0.15) is 0 Å². The van der Waals surface area contributed by atoms with Crippen molar-refractivity contribution in [2.24, 2.45) is 38.1 Å². The average molecular weight is 897 g/mol. The third kappa shape index (κ3) is 9.17. The van der Waals surface area contributed by atoms with E-state index in [1.165, 1.54) is 12.2 Å². The van der Waals surface area contributed by atoms with Gasteiger partial charge in [-0.25, -0.2) is 0 Å². The maximum atomic E-state index is 13.0. The van der Waals surface area contributed by atoms with E-state index in [-0.39, 0.29) is 71.8 Å². The predicted molar refractivity (Wildman–Crippen MR) is 224 cm³/mol. The molecule has 0 aromatic rings. The Labute approximate surface area is 367 Å². The SMILES string of the molecule is C[C@@]1(CC(=O)O)C2=NC(=C1CCC(=O)O)C[C@]1(C)N=C(C=C3N[C@H]([C@H](CC(=O)O)[C@@]3(C)CCC(=O)O)[C@]3(C)N/C(=C\2)[C@@H](CCC(=O)O)[C@]3(C)CC(=O)O)C(CCC(=O)O)=C1CC(=O)O. The molecule has 0 aromatic heterocycles. The summed E-state index contributed by atoms with van der Waals surface area (Å²) in [6.45, 7) is 8.12. The van der Waals surface area contributed by atoms with Gasteiger partial charge < -0.3 is 51.5 Å². The van der Waals surface area contributed by atoms with Crippen molar-refractivity contribution in [1.82, 2.24) is 10.6 Å². The Kier molecular flexibility index (Phi) is 13.4. The Hall–Kier alpha value is -6.34. The minimum atomic E-state index is -1.55. The fraction of sp³-hybridized carbons (Fsp3) is 0.591. The van der Waals surface area contributed by atoms with Crippen molar-refractivity contribution in [2.75, 3.05) is 0 Å². The third-order valence-corrected chi connectivity index (χ3v) is 14.5. The topological polar surface area (TPSA) is 347 Å². The van der Waals surface area contributed by atoms with Crippen molar-refractivity contribution >= 4 is 59.2 Å². The van der Waals surface area contributed by atoms with E-state index in [0.717, 1.165) is 0 Å². The molecular weight excluding hydrogens is 840 g/mol. The Balaban J connectivity index is 1.98. The number of allylic oxidation sites excluding steroid dienone is 6. The van der Waals surface area contributed by atoms with Gasteiger partial charge >= 0.3 is 47.8 Å². The summed E-state index contributed by atoms with van der Waals surface area (Å²) >= 11 is 0. The number of fused-ring (bicyclic) bond motifs is 7. The normalized spacial score (nSPS) is 32.5. The first-order chi connectivity index (χ1) is 29.6. The van der Waals surface area contributed by atoms with Gasteiger partial charge in [0.25, 0.3) is 0 Å². The number of rotatable bonds is 20. The molecular formula is C44H56N4O16. The summed E-state index contributed by atoms with van der Waals surface area (Å²) in [5.41, 5.74) is -5.83. The molecule has 20 heteroatoms. The maximum Gasteiger partial charge on any atom is 0.307 e. The van der Waals surface area contributed by atoms with E-state index in [1.54, 1.807) is 34.6 Å². The van der Waals surface area contributed by atoms with E-state index in [9.17, 15) is 79.2 Å². The molecule has 20 nitrogen and oxygen atoms in total. The minimum absolute atomic E-state index is 0.0946. The van der Waals surface area contributed by atoms with Gasteiger partial charge in [-0.05, 0) is 75.3 Å². The highest BCUT2D eigenvalue weighted by atomic mass is 16.4. The molecule has 5 rings (SSSR count). The summed E-state index contributed by atoms with van der Waals surface area (Å²) in [6.07, 6.45) is -2.20. The molecule has 2 saturated heterocycles. The zero-order valence-corrected chi connectivity index (χ0v) is 36.3. The number of hydrogen-bond acceptors (Lipinski definition) is 12. The summed E-state index contributed by atoms with van der Waals surface area (Å²) in [5, 5.41) is 88.4. The van der Waals surface area contributed by atoms with Crippen LogP contribution >= 0.6 is 0 Å². The number of carboxylic acids is 8. The summed E-state index contributed by atoms with van der Waals surface area (Å²) in [7, 11) is 0. The molecule has 348 valence electrons. The lowest BCUT2D eigenvalue weighted by atomic mass is 9.57. The Morgan fingerprint density at radius 3 is 1.83 bits per heavy atom. The number of aliphatic carboxylic acids is 8. The van der Waals surface area contributed by atoms with Crippen LogP contribution in [0.15, 0.2) is 55.9 Å². The highest BCUT2D eigenvalue weighted by molar-refractivity contribution is 6.12. The zero-order chi connectivity index (χ0) is 47.9. The highest BCUT2D eigenvalue weighted by Crippen LogP contribution is 2.61. The van der Waals surface area contributed by atoms with Crippen molar-refractivity contribution in [2.45, 2.75) is 135 Å². The van der Waals surface area contributed by atoms with Crippen LogP contribution in [0, 0.1) is 28.1 Å². The molecule has 64 heavy (non-hydrogen) atoms. The van der Waals surface area contributed by atoms with Crippen molar-refractivity contribution in [3.8, 4) is 0 Å². The molecule has 10 N–H and O–H groups in total. The van der Waals surface area contributed by atoms with Crippen LogP contribution in [0.1, 0.15) is 118 Å². The van der Waals surface area contributed by atoms with Gasteiger partial charge in [0.05, 0.1) is 54.2 Å². The molecule has 0 spiro atoms. The number of aliphatic imine (C=N–C) groups is 2. The van der Waals surface area contributed by atoms with Gasteiger partial charge in [-0.1, -0.05) is 13.8 Å². The van der Waals surface area contributed by atoms with Gasteiger partial charge in [0, 0.05) is 77.3 Å². The largest absolute Gasteiger partial charge is 0.481 e. The first-order valence-corrected chi connectivity index (χ1v) is 21.0. The monoisotopic (exact) mass is 896 g/mol. The first-order valence-electron chi connectivity index (χ1n) is 21.0. The molecule has 8 atom stereocenters. The molecule has 5 aliphatic heterocycles. The van der Waals surface area contributed by atoms with E-state index in [1.807, 2.05) is 0 Å². The van der Waals surface area contributed by atoms with E-state index < -0.39 is 144 Å². The van der Waals surface area contributed by atoms with E-state index in [4.69, 9.17) is 9.98 Å². The van der Waals surface area contributed by atoms with Crippen molar-refractivity contribution in [3.63, 3.8) is 0 Å². The lowest BCUT2D eigenvalue weighted by molar-refractivity contribution is -0.144. The maximum absolute atomic E-state index is 13.0. The highest BCUT2D eigenvalue weighted by Gasteiger charge is 2.66. The molecule has 2 fully saturated rings. The summed E-state index contributed by atoms with van der Waals surface area (Å²) in [4.78, 5) is 110. The smallest absolute Gasteiger partial charge is 0.307 e. The third-order valence-electron chi connectivity index (χ3n) is 14.5. The molecule has 0 aliphatic carbocycles. The van der Waals surface area contributed by atoms with Crippen LogP contribution in [0.2, 0.25) is 0 Å². The van der Waals surface area contributed by atoms with Crippen LogP contribution < -0.4 is 10.6 Å². The first kappa shape index (κ1) is 48.7. The number of carbonyl (C=O) groups is 8. The van der Waals surface area contributed by atoms with Crippen LogP contribution in [-0.2, 0) is 38.4 Å². The van der Waals surface area contributed by atoms with Crippen molar-refractivity contribution in [1.29, 1.82) is 0 Å². The second-order valence-corrected chi connectivity index (χ2v) is 18.7. The van der Waals surface area contributed by atoms with Gasteiger partial charge in [0.2, 0.25) is 0 Å². The molecule has 0 unspecified atom stereocenters. The van der Waals surface area contributed by atoms with Crippen LogP contribution in [0.25, 0.3) is 0 Å². The molecule has 0 saturated carbocycles. The number of nitrogens with zero attached hydrogens (tertiary/aromatic N) is 2. The second-order valence-electron chi connectivity index (χ2n) is 18.7. The van der Waals surface area contributed by atoms with Crippen molar-refractivity contribution in [3.05, 3.63) is 46.0 Å². The minimum Gasteiger partial charge on any atom is -0.481 e. The standard InChI is InChI=1S/C44H56N4O16/c1-40(13-12-34(55)56)25(15-36(59)60)39-44(5)42(3,20-38(63)64)23(8-11-33(53)54)27(48-44)17-30-41(2,19-37(61)62)22(7-10-32(51)52)28(45-30)18-43(4)24(14-35(57)58)21(6-9-31(49)50)26(47-43)16-29(40)46-39/h16-17,23,25,39,46,48H,6-15,18-20H2,1-5H3,(H,49,50)(H,51,52)(H,53,54)(H,55,56)(H,57,58)(H,59,60)(H,61,62)(H,63,64)/b27-17-,29-16?/t23-,25+,39-,40-,41+,42+,43+,44+/m1/s1. The van der Waals surface area contributed by atoms with Crippen LogP contribution in [0.3, 0.4) is 0 Å². The van der Waals surface area contributed by atoms with Crippen LogP contribution in [0.5, 0.6) is 0 Å². The van der Waals surface area contributed by atoms with Crippen molar-refractivity contribution < 1.29 is 79.2 Å². The average Bonchev–Trinajstić information content (AvgIpc) is 3.72. The Morgan fingerprint density at radius 1 is 0.688 bits per heavy atom. The molecule has 5 aliphatic rings. The van der Waals surface area contributed by atoms with Gasteiger partial charge in [0.15, 0.2) is 0 Å². The second kappa shape index (κ2) is 17.7. The lowest BCUT2D eigenvalue weighted by Crippen LogP contribution is -2.63. The van der Waals surface area contributed by atoms with Gasteiger partial charge in [0.1, 0.15) is 0 Å². The lowest BCUT2D eigenvalue weighted by Gasteiger charge is -2.48. The molecule has 8 bridgehead atoms. The Bertz CT molecular complexity index is 2270. The Morgan fingerprint density at radius 2 is 1.28 bits per heavy atom. The summed E-state index contributed by atoms with van der Waals surface area (Å²) in [6, 6.07) is -1.07. The quantitative estimate of drug-likeness (QED) is 0.0813. The fourth-order valence-corrected chi connectivity index (χ4v) is 11.2. The van der Waals surface area contributed by atoms with Crippen LogP contribution in [0.4, 0.5) is 0 Å². The van der Waals surface area contributed by atoms with E-state index in [0.29, 0.717) is 5.57 Å². The number of nitrogens with one attached hydrogen (secondary N) is 2. The number of carboxylic acid groups (broad SMARTS) is 8.